The van der Waals surface area contributed by atoms with E-state index in [1.165, 1.54) is 12.1 Å². The molecular weight excluding hydrogens is 356 g/mol. The van der Waals surface area contributed by atoms with Crippen molar-refractivity contribution in [1.29, 1.82) is 0 Å². The zero-order valence-electron chi connectivity index (χ0n) is 9.43. The van der Waals surface area contributed by atoms with Gasteiger partial charge in [0.25, 0.3) is 0 Å². The van der Waals surface area contributed by atoms with Crippen molar-refractivity contribution in [3.05, 3.63) is 51.2 Å². The molecule has 1 N–H and O–H groups in total. The van der Waals surface area contributed by atoms with Gasteiger partial charge in [0.1, 0.15) is 0 Å². The number of furan rings is 1. The van der Waals surface area contributed by atoms with Crippen LogP contribution in [0, 0.1) is 0 Å². The molecule has 0 aliphatic heterocycles. The van der Waals surface area contributed by atoms with E-state index in [9.17, 15) is 9.00 Å². The largest absolute Gasteiger partial charge is 0.475 e. The number of aromatic carboxylic acids is 1. The van der Waals surface area contributed by atoms with Crippen LogP contribution in [0.3, 0.4) is 0 Å². The quantitative estimate of drug-likeness (QED) is 0.899. The van der Waals surface area contributed by atoms with Crippen molar-refractivity contribution in [2.45, 2.75) is 10.8 Å². The molecule has 0 saturated heterocycles. The third kappa shape index (κ3) is 3.46. The highest BCUT2D eigenvalue weighted by Gasteiger charge is 2.15. The first-order chi connectivity index (χ1) is 8.97. The lowest BCUT2D eigenvalue weighted by atomic mass is 10.2. The number of halogens is 2. The minimum atomic E-state index is -1.48. The maximum Gasteiger partial charge on any atom is 0.371 e. The Balaban J connectivity index is 2.18. The fraction of sp³-hybridized carbons (Fsp3) is 0.0833. The molecule has 1 aromatic heterocycles. The van der Waals surface area contributed by atoms with Gasteiger partial charge in [-0.3, -0.25) is 4.21 Å². The molecule has 1 unspecified atom stereocenters. The summed E-state index contributed by atoms with van der Waals surface area (Å²) in [4.78, 5) is 10.7. The molecule has 1 aromatic carbocycles. The molecular formula is C12H8BrClO4S. The second kappa shape index (κ2) is 5.90. The average Bonchev–Trinajstić information content (AvgIpc) is 2.82. The lowest BCUT2D eigenvalue weighted by Crippen LogP contribution is -1.97. The zero-order valence-corrected chi connectivity index (χ0v) is 12.6. The molecule has 0 saturated carbocycles. The lowest BCUT2D eigenvalue weighted by Gasteiger charge is -2.03. The van der Waals surface area contributed by atoms with Crippen LogP contribution in [0.25, 0.3) is 0 Å². The summed E-state index contributed by atoms with van der Waals surface area (Å²) in [6, 6.07) is 7.93. The highest BCUT2D eigenvalue weighted by atomic mass is 79.9. The number of hydrogen-bond donors (Lipinski definition) is 1. The van der Waals surface area contributed by atoms with E-state index in [0.717, 1.165) is 4.47 Å². The van der Waals surface area contributed by atoms with Gasteiger partial charge in [-0.2, -0.15) is 0 Å². The van der Waals surface area contributed by atoms with Crippen molar-refractivity contribution < 1.29 is 18.5 Å². The Bertz CT molecular complexity index is 653. The van der Waals surface area contributed by atoms with Crippen molar-refractivity contribution in [2.24, 2.45) is 0 Å². The Hall–Kier alpha value is -1.11. The SMILES string of the molecule is O=C(O)c1ccc(S(=O)Cc2ccc(Br)cc2Cl)o1. The number of benzene rings is 1. The van der Waals surface area contributed by atoms with E-state index in [2.05, 4.69) is 15.9 Å². The van der Waals surface area contributed by atoms with E-state index in [4.69, 9.17) is 21.1 Å². The van der Waals surface area contributed by atoms with Crippen LogP contribution in [0.4, 0.5) is 0 Å². The smallest absolute Gasteiger partial charge is 0.371 e. The Labute approximate surface area is 125 Å². The predicted octanol–water partition coefficient (Wildman–Crippen LogP) is 3.70. The van der Waals surface area contributed by atoms with Crippen molar-refractivity contribution >= 4 is 44.3 Å². The van der Waals surface area contributed by atoms with Crippen LogP contribution in [0.5, 0.6) is 0 Å². The Morgan fingerprint density at radius 1 is 1.37 bits per heavy atom. The summed E-state index contributed by atoms with van der Waals surface area (Å²) in [5.74, 6) is -1.26. The molecule has 7 heteroatoms. The van der Waals surface area contributed by atoms with Crippen LogP contribution in [0.15, 0.2) is 44.3 Å². The topological polar surface area (TPSA) is 67.5 Å². The molecule has 2 rings (SSSR count). The maximum atomic E-state index is 12.0. The monoisotopic (exact) mass is 362 g/mol. The third-order valence-corrected chi connectivity index (χ3v) is 4.40. The molecule has 100 valence electrons. The highest BCUT2D eigenvalue weighted by molar-refractivity contribution is 9.10. The van der Waals surface area contributed by atoms with Crippen molar-refractivity contribution in [3.63, 3.8) is 0 Å². The van der Waals surface area contributed by atoms with Crippen molar-refractivity contribution in [3.8, 4) is 0 Å². The van der Waals surface area contributed by atoms with Gasteiger partial charge in [-0.05, 0) is 29.8 Å². The normalized spacial score (nSPS) is 12.3. The molecule has 0 fully saturated rings. The van der Waals surface area contributed by atoms with Gasteiger partial charge in [0.05, 0.1) is 16.6 Å². The number of rotatable bonds is 4. The third-order valence-electron chi connectivity index (χ3n) is 2.32. The Morgan fingerprint density at radius 3 is 2.68 bits per heavy atom. The minimum Gasteiger partial charge on any atom is -0.475 e. The van der Waals surface area contributed by atoms with E-state index in [1.54, 1.807) is 18.2 Å². The van der Waals surface area contributed by atoms with Crippen LogP contribution in [0.2, 0.25) is 5.02 Å². The Morgan fingerprint density at radius 2 is 2.11 bits per heavy atom. The number of hydrogen-bond acceptors (Lipinski definition) is 3. The summed E-state index contributed by atoms with van der Waals surface area (Å²) >= 11 is 9.31. The van der Waals surface area contributed by atoms with Crippen LogP contribution in [0.1, 0.15) is 16.1 Å². The van der Waals surface area contributed by atoms with Gasteiger partial charge < -0.3 is 9.52 Å². The van der Waals surface area contributed by atoms with E-state index < -0.39 is 16.8 Å². The van der Waals surface area contributed by atoms with Crippen molar-refractivity contribution in [1.82, 2.24) is 0 Å². The van der Waals surface area contributed by atoms with Gasteiger partial charge >= 0.3 is 5.97 Å². The number of carboxylic acids is 1. The van der Waals surface area contributed by atoms with Crippen LogP contribution < -0.4 is 0 Å². The van der Waals surface area contributed by atoms with Gasteiger partial charge in [-0.15, -0.1) is 0 Å². The molecule has 1 atom stereocenters. The minimum absolute atomic E-state index is 0.122. The first kappa shape index (κ1) is 14.3. The highest BCUT2D eigenvalue weighted by Crippen LogP contribution is 2.24. The molecule has 1 heterocycles. The molecule has 0 bridgehead atoms. The van der Waals surface area contributed by atoms with E-state index in [0.29, 0.717) is 10.6 Å². The van der Waals surface area contributed by atoms with E-state index in [-0.39, 0.29) is 16.6 Å². The second-order valence-electron chi connectivity index (χ2n) is 3.65. The average molecular weight is 364 g/mol. The first-order valence-corrected chi connectivity index (χ1v) is 7.62. The van der Waals surface area contributed by atoms with Crippen LogP contribution >= 0.6 is 27.5 Å². The first-order valence-electron chi connectivity index (χ1n) is 5.13. The summed E-state index contributed by atoms with van der Waals surface area (Å²) in [6.07, 6.45) is 0. The molecule has 19 heavy (non-hydrogen) atoms. The van der Waals surface area contributed by atoms with Crippen LogP contribution in [-0.4, -0.2) is 15.3 Å². The molecule has 0 radical (unpaired) electrons. The zero-order chi connectivity index (χ0) is 14.0. The summed E-state index contributed by atoms with van der Waals surface area (Å²) in [7, 11) is -1.48. The molecule has 0 aliphatic rings. The summed E-state index contributed by atoms with van der Waals surface area (Å²) < 4.78 is 17.9. The van der Waals surface area contributed by atoms with E-state index >= 15 is 0 Å². The van der Waals surface area contributed by atoms with E-state index in [1.807, 2.05) is 0 Å². The van der Waals surface area contributed by atoms with Crippen LogP contribution in [-0.2, 0) is 16.6 Å². The molecule has 2 aromatic rings. The van der Waals surface area contributed by atoms with Gasteiger partial charge in [-0.25, -0.2) is 4.79 Å². The summed E-state index contributed by atoms with van der Waals surface area (Å²) in [5.41, 5.74) is 0.705. The molecule has 0 spiro atoms. The fourth-order valence-electron chi connectivity index (χ4n) is 1.41. The predicted molar refractivity (Wildman–Crippen MR) is 74.9 cm³/mol. The molecule has 4 nitrogen and oxygen atoms in total. The summed E-state index contributed by atoms with van der Waals surface area (Å²) in [5, 5.41) is 9.34. The van der Waals surface area contributed by atoms with Gasteiger partial charge in [0, 0.05) is 9.50 Å². The second-order valence-corrected chi connectivity index (χ2v) is 6.35. The van der Waals surface area contributed by atoms with Gasteiger partial charge in [0.2, 0.25) is 5.76 Å². The number of carbonyl (C=O) groups is 1. The molecule has 0 amide bonds. The molecule has 0 aliphatic carbocycles. The summed E-state index contributed by atoms with van der Waals surface area (Å²) in [6.45, 7) is 0. The fourth-order valence-corrected chi connectivity index (χ4v) is 3.31. The Kier molecular flexibility index (Phi) is 4.44. The lowest BCUT2D eigenvalue weighted by molar-refractivity contribution is 0.0656. The maximum absolute atomic E-state index is 12.0. The number of carboxylic acid groups (broad SMARTS) is 1. The van der Waals surface area contributed by atoms with Gasteiger partial charge in [0.15, 0.2) is 5.09 Å². The van der Waals surface area contributed by atoms with Gasteiger partial charge in [-0.1, -0.05) is 33.6 Å². The standard InChI is InChI=1S/C12H8BrClO4S/c13-8-2-1-7(9(14)5-8)6-19(17)11-4-3-10(18-11)12(15)16/h1-5H,6H2,(H,15,16). The van der Waals surface area contributed by atoms with Crippen molar-refractivity contribution in [2.75, 3.05) is 0 Å².